The predicted octanol–water partition coefficient (Wildman–Crippen LogP) is 14.4. The number of benzene rings is 9. The number of nitrogens with zero attached hydrogens (tertiary/aromatic N) is 6. The number of hydrogen-bond acceptors (Lipinski definition) is 4. The van der Waals surface area contributed by atoms with Gasteiger partial charge in [-0.05, 0) is 59.6 Å². The Balaban J connectivity index is 1.33. The molecule has 5 heterocycles. The minimum absolute atomic E-state index is 0.0842. The van der Waals surface area contributed by atoms with Crippen LogP contribution in [0, 0.1) is 0 Å². The lowest BCUT2D eigenvalue weighted by Crippen LogP contribution is -2.11. The lowest BCUT2D eigenvalue weighted by Gasteiger charge is -2.19. The molecule has 14 rings (SSSR count). The summed E-state index contributed by atoms with van der Waals surface area (Å²) in [5.74, 6) is -0.620. The summed E-state index contributed by atoms with van der Waals surface area (Å²) >= 11 is 0. The van der Waals surface area contributed by atoms with Crippen molar-refractivity contribution in [3.63, 3.8) is 0 Å². The summed E-state index contributed by atoms with van der Waals surface area (Å²) in [6.45, 7) is 0. The summed E-state index contributed by atoms with van der Waals surface area (Å²) in [4.78, 5) is 15.8. The van der Waals surface area contributed by atoms with Gasteiger partial charge in [0.05, 0.1) is 63.3 Å². The third-order valence-electron chi connectivity index (χ3n) is 11.7. The number of aromatic nitrogens is 6. The van der Waals surface area contributed by atoms with E-state index in [1.165, 1.54) is 0 Å². The highest BCUT2D eigenvalue weighted by molar-refractivity contribution is 6.17. The van der Waals surface area contributed by atoms with Crippen molar-refractivity contribution in [1.29, 1.82) is 0 Å². The molecule has 64 heavy (non-hydrogen) atoms. The van der Waals surface area contributed by atoms with E-state index in [9.17, 15) is 12.3 Å². The lowest BCUT2D eigenvalue weighted by atomic mass is 9.94. The predicted molar refractivity (Wildman–Crippen MR) is 261 cm³/mol. The zero-order chi connectivity index (χ0) is 57.5. The van der Waals surface area contributed by atoms with E-state index in [0.717, 1.165) is 26.1 Å². The van der Waals surface area contributed by atoms with Crippen molar-refractivity contribution < 1.29 is 29.1 Å². The van der Waals surface area contributed by atoms with Crippen LogP contribution in [0.25, 0.3) is 127 Å². The summed E-state index contributed by atoms with van der Waals surface area (Å²) < 4.78 is 178. The van der Waals surface area contributed by atoms with Crippen molar-refractivity contribution in [3.05, 3.63) is 206 Å². The first-order valence-electron chi connectivity index (χ1n) is 29.1. The molecule has 0 radical (unpaired) electrons. The van der Waals surface area contributed by atoms with Crippen LogP contribution < -0.4 is 0 Å². The van der Waals surface area contributed by atoms with Crippen LogP contribution in [0.5, 0.6) is 0 Å². The fourth-order valence-electron chi connectivity index (χ4n) is 9.11. The summed E-state index contributed by atoms with van der Waals surface area (Å²) in [6, 6.07) is 15.7. The first-order chi connectivity index (χ1) is 39.3. The average Bonchev–Trinajstić information content (AvgIpc) is 2.03. The number of fused-ring (bicyclic) bond motifs is 12. The second kappa shape index (κ2) is 13.3. The molecule has 0 aliphatic rings. The van der Waals surface area contributed by atoms with Crippen molar-refractivity contribution in [2.45, 2.75) is 0 Å². The fourth-order valence-corrected chi connectivity index (χ4v) is 9.11. The van der Waals surface area contributed by atoms with E-state index >= 15 is 0 Å². The van der Waals surface area contributed by atoms with Gasteiger partial charge in [-0.1, -0.05) is 157 Å². The Hall–Kier alpha value is -8.81. The monoisotopic (exact) mass is 836 g/mol. The first kappa shape index (κ1) is 21.8. The van der Waals surface area contributed by atoms with Gasteiger partial charge in [0.15, 0.2) is 11.4 Å². The van der Waals surface area contributed by atoms with E-state index in [1.807, 2.05) is 97.1 Å². The molecule has 14 aromatic rings. The largest absolute Gasteiger partial charge is 0.454 e. The molecule has 0 spiro atoms. The molecule has 9 aromatic carbocycles. The van der Waals surface area contributed by atoms with Gasteiger partial charge in [0.2, 0.25) is 11.9 Å². The SMILES string of the molecule is [2H]c1c([2H])c([2H])c(-c2c(-c3nc(-n4c5ccccc5c5ccccc54)nc(-n4c5ccccc5c5ccccc54)n3)c(-n3c4c([2H])c([2H])c([2H])c([2H])c4c4c([2H])c([2H])c([2H])c([2H])c43)c3oc4c([2H])c([2H])c([2H])c([2H])c4c3c2[2H])c([2H])c1[2H]. The van der Waals surface area contributed by atoms with Crippen molar-refractivity contribution >= 4 is 87.4 Å². The minimum atomic E-state index is -0.855. The molecule has 0 amide bonds. The molecule has 7 nitrogen and oxygen atoms in total. The van der Waals surface area contributed by atoms with E-state index in [1.54, 1.807) is 9.13 Å². The Labute approximate surface area is 390 Å². The molecule has 0 aliphatic heterocycles. The molecular weight excluding hydrogens is 785 g/mol. The molecule has 0 aliphatic carbocycles. The molecule has 0 N–H and O–H groups in total. The number of para-hydroxylation sites is 7. The van der Waals surface area contributed by atoms with Crippen LogP contribution in [0.15, 0.2) is 210 Å². The van der Waals surface area contributed by atoms with Crippen LogP contribution in [-0.2, 0) is 0 Å². The Morgan fingerprint density at radius 3 is 1.38 bits per heavy atom. The Kier molecular flexibility index (Phi) is 4.55. The van der Waals surface area contributed by atoms with Gasteiger partial charge in [-0.15, -0.1) is 0 Å². The zero-order valence-electron chi connectivity index (χ0n) is 50.8. The first-order valence-corrected chi connectivity index (χ1v) is 20.1. The molecule has 0 atom stereocenters. The summed E-state index contributed by atoms with van der Waals surface area (Å²) in [7, 11) is 0. The second-order valence-corrected chi connectivity index (χ2v) is 15.0. The normalized spacial score (nSPS) is 16.0. The van der Waals surface area contributed by atoms with Crippen LogP contribution in [0.3, 0.4) is 0 Å². The van der Waals surface area contributed by atoms with Gasteiger partial charge in [-0.25, -0.2) is 0 Å². The van der Waals surface area contributed by atoms with E-state index in [2.05, 4.69) is 0 Å². The molecular formula is C57H34N6O. The molecule has 0 saturated carbocycles. The maximum atomic E-state index is 10.5. The van der Waals surface area contributed by atoms with Gasteiger partial charge in [-0.2, -0.15) is 15.0 Å². The maximum Gasteiger partial charge on any atom is 0.240 e. The van der Waals surface area contributed by atoms with Crippen molar-refractivity contribution in [2.24, 2.45) is 0 Å². The molecule has 0 bridgehead atoms. The molecule has 0 saturated heterocycles. The highest BCUT2D eigenvalue weighted by Gasteiger charge is 2.29. The highest BCUT2D eigenvalue weighted by Crippen LogP contribution is 2.47. The second-order valence-electron chi connectivity index (χ2n) is 15.0. The lowest BCUT2D eigenvalue weighted by molar-refractivity contribution is 0.666. The molecule has 0 unspecified atom stereocenters. The summed E-state index contributed by atoms with van der Waals surface area (Å²) in [6.07, 6.45) is 0. The topological polar surface area (TPSA) is 66.6 Å². The van der Waals surface area contributed by atoms with Gasteiger partial charge in [0, 0.05) is 43.1 Å². The van der Waals surface area contributed by atoms with E-state index in [-0.39, 0.29) is 11.9 Å². The molecule has 298 valence electrons. The van der Waals surface area contributed by atoms with Gasteiger partial charge in [0.25, 0.3) is 0 Å². The fraction of sp³-hybridized carbons (Fsp3) is 0. The van der Waals surface area contributed by atoms with Gasteiger partial charge >= 0.3 is 0 Å². The van der Waals surface area contributed by atoms with Crippen molar-refractivity contribution in [3.8, 4) is 40.1 Å². The van der Waals surface area contributed by atoms with E-state index in [4.69, 9.17) is 31.7 Å². The van der Waals surface area contributed by atoms with Crippen LogP contribution >= 0.6 is 0 Å². The third-order valence-corrected chi connectivity index (χ3v) is 11.7. The Morgan fingerprint density at radius 2 is 0.844 bits per heavy atom. The van der Waals surface area contributed by atoms with Gasteiger partial charge in [-0.3, -0.25) is 9.13 Å². The Morgan fingerprint density at radius 1 is 0.391 bits per heavy atom. The van der Waals surface area contributed by atoms with Crippen LogP contribution in [0.2, 0.25) is 0 Å². The van der Waals surface area contributed by atoms with Crippen LogP contribution in [0.1, 0.15) is 24.7 Å². The van der Waals surface area contributed by atoms with E-state index < -0.39 is 181 Å². The standard InChI is InChI=1S/C57H34N6O/c1-2-18-35(19-3-1)43-34-44-42-26-10-17-33-51(42)64-54(44)53(61-45-27-11-4-20-36(45)37-21-5-12-28-46(37)61)52(43)55-58-56(62-47-29-13-6-22-38(47)39-23-7-14-30-48(39)62)60-57(59-55)63-49-31-15-8-24-40(49)41-25-9-16-32-50(41)63/h1-34H/i1D,2D,3D,4D,5D,10D,11D,12D,17D,18D,19D,20D,21D,26D,27D,28D,33D,34D. The Bertz CT molecular complexity index is 4950. The minimum Gasteiger partial charge on any atom is -0.454 e. The average molecular weight is 837 g/mol. The molecule has 0 fully saturated rings. The van der Waals surface area contributed by atoms with E-state index in [0.29, 0.717) is 22.1 Å². The zero-order valence-corrected chi connectivity index (χ0v) is 32.8. The van der Waals surface area contributed by atoms with Crippen LogP contribution in [0.4, 0.5) is 0 Å². The number of furan rings is 1. The number of hydrogen-bond donors (Lipinski definition) is 0. The highest BCUT2D eigenvalue weighted by atomic mass is 16.3. The maximum absolute atomic E-state index is 10.5. The molecule has 5 aromatic heterocycles. The summed E-state index contributed by atoms with van der Waals surface area (Å²) in [5, 5.41) is 1.46. The molecule has 7 heteroatoms. The van der Waals surface area contributed by atoms with Crippen molar-refractivity contribution in [1.82, 2.24) is 28.7 Å². The summed E-state index contributed by atoms with van der Waals surface area (Å²) in [5.41, 5.74) is -1.83. The third kappa shape index (κ3) is 4.89. The van der Waals surface area contributed by atoms with Gasteiger partial charge < -0.3 is 8.98 Å². The van der Waals surface area contributed by atoms with Gasteiger partial charge in [0.1, 0.15) is 11.3 Å². The smallest absolute Gasteiger partial charge is 0.240 e. The number of rotatable bonds is 5. The quantitative estimate of drug-likeness (QED) is 0.173. The van der Waals surface area contributed by atoms with Crippen LogP contribution in [-0.4, -0.2) is 28.7 Å². The van der Waals surface area contributed by atoms with Crippen molar-refractivity contribution in [2.75, 3.05) is 0 Å².